The highest BCUT2D eigenvalue weighted by atomic mass is 79.9. The number of benzene rings is 1. The summed E-state index contributed by atoms with van der Waals surface area (Å²) in [6.07, 6.45) is 2.63. The van der Waals surface area contributed by atoms with Gasteiger partial charge >= 0.3 is 6.09 Å². The summed E-state index contributed by atoms with van der Waals surface area (Å²) in [4.78, 5) is 26.2. The maximum Gasteiger partial charge on any atom is 0.413 e. The van der Waals surface area contributed by atoms with E-state index in [1.807, 2.05) is 12.1 Å². The summed E-state index contributed by atoms with van der Waals surface area (Å²) in [6, 6.07) is 7.62. The molecule has 0 spiro atoms. The third kappa shape index (κ3) is 6.19. The van der Waals surface area contributed by atoms with Crippen LogP contribution in [0.2, 0.25) is 0 Å². The molecule has 0 fully saturated rings. The van der Waals surface area contributed by atoms with Gasteiger partial charge in [-0.25, -0.2) is 22.7 Å². The number of aliphatic imine (C=N–C) groups is 1. The molecule has 0 bridgehead atoms. The number of nitrogens with zero attached hydrogens (tertiary/aromatic N) is 4. The Kier molecular flexibility index (Phi) is 7.87. The molecule has 0 aliphatic carbocycles. The zero-order valence-corrected chi connectivity index (χ0v) is 24.4. The third-order valence-electron chi connectivity index (χ3n) is 5.81. The van der Waals surface area contributed by atoms with E-state index in [0.29, 0.717) is 17.0 Å². The first kappa shape index (κ1) is 28.1. The van der Waals surface area contributed by atoms with E-state index in [1.54, 1.807) is 70.5 Å². The molecule has 2 unspecified atom stereocenters. The largest absolute Gasteiger partial charge is 0.444 e. The third-order valence-corrected chi connectivity index (χ3v) is 8.02. The Bertz CT molecular complexity index is 1440. The van der Waals surface area contributed by atoms with Crippen molar-refractivity contribution < 1.29 is 18.1 Å². The van der Waals surface area contributed by atoms with Crippen molar-refractivity contribution in [3.8, 4) is 0 Å². The van der Waals surface area contributed by atoms with Gasteiger partial charge in [-0.2, -0.15) is 0 Å². The molecule has 0 saturated carbocycles. The molecular formula is C26H30BrFN6O3S. The fourth-order valence-corrected chi connectivity index (χ4v) is 5.70. The highest BCUT2D eigenvalue weighted by molar-refractivity contribution is 9.10. The average molecular weight is 606 g/mol. The first-order valence-corrected chi connectivity index (χ1v) is 13.8. The SMILES string of the molecule is CN1CC(c2cc(Nc3nccc4cc(Br)cnc34)ccc2F)N=C(NC(=O)OC(C)(C)C)C(C)(C)S1=O. The second-order valence-electron chi connectivity index (χ2n) is 10.4. The molecule has 202 valence electrons. The molecule has 2 aromatic heterocycles. The van der Waals surface area contributed by atoms with Gasteiger partial charge in [0, 0.05) is 40.0 Å². The molecule has 2 atom stereocenters. The maximum absolute atomic E-state index is 15.2. The molecule has 0 radical (unpaired) electrons. The van der Waals surface area contributed by atoms with Crippen LogP contribution in [0.3, 0.4) is 0 Å². The minimum Gasteiger partial charge on any atom is -0.444 e. The van der Waals surface area contributed by atoms with Crippen LogP contribution in [-0.2, 0) is 15.7 Å². The number of aromatic nitrogens is 2. The Hall–Kier alpha value is -2.96. The topological polar surface area (TPSA) is 109 Å². The van der Waals surface area contributed by atoms with Gasteiger partial charge in [0.1, 0.15) is 38.5 Å². The number of hydrogen-bond acceptors (Lipinski definition) is 7. The van der Waals surface area contributed by atoms with Crippen molar-refractivity contribution in [1.82, 2.24) is 19.6 Å². The Morgan fingerprint density at radius 1 is 1.24 bits per heavy atom. The lowest BCUT2D eigenvalue weighted by molar-refractivity contribution is 0.0561. The predicted octanol–water partition coefficient (Wildman–Crippen LogP) is 5.63. The summed E-state index contributed by atoms with van der Waals surface area (Å²) in [6.45, 7) is 8.82. The lowest BCUT2D eigenvalue weighted by atomic mass is 10.0. The molecule has 1 aliphatic rings. The van der Waals surface area contributed by atoms with Crippen LogP contribution in [0.4, 0.5) is 20.7 Å². The lowest BCUT2D eigenvalue weighted by Crippen LogP contribution is -2.50. The van der Waals surface area contributed by atoms with Crippen molar-refractivity contribution in [2.24, 2.45) is 4.99 Å². The lowest BCUT2D eigenvalue weighted by Gasteiger charge is -2.28. The van der Waals surface area contributed by atoms with Crippen molar-refractivity contribution in [3.63, 3.8) is 0 Å². The van der Waals surface area contributed by atoms with Gasteiger partial charge in [0.05, 0.1) is 6.04 Å². The highest BCUT2D eigenvalue weighted by Gasteiger charge is 2.41. The molecule has 0 saturated heterocycles. The van der Waals surface area contributed by atoms with E-state index in [9.17, 15) is 9.00 Å². The second-order valence-corrected chi connectivity index (χ2v) is 13.5. The number of pyridine rings is 2. The number of likely N-dealkylation sites (N-methyl/N-ethyl adjacent to an activating group) is 1. The van der Waals surface area contributed by atoms with Gasteiger partial charge in [-0.1, -0.05) is 0 Å². The Balaban J connectivity index is 1.71. The van der Waals surface area contributed by atoms with E-state index in [1.165, 1.54) is 6.07 Å². The molecule has 4 rings (SSSR count). The van der Waals surface area contributed by atoms with Crippen LogP contribution < -0.4 is 10.6 Å². The van der Waals surface area contributed by atoms with Crippen LogP contribution in [0.15, 0.2) is 52.2 Å². The summed E-state index contributed by atoms with van der Waals surface area (Å²) in [5, 5.41) is 6.78. The predicted molar refractivity (Wildman–Crippen MR) is 151 cm³/mol. The molecule has 38 heavy (non-hydrogen) atoms. The highest BCUT2D eigenvalue weighted by Crippen LogP contribution is 2.32. The first-order valence-electron chi connectivity index (χ1n) is 11.9. The molecule has 3 heterocycles. The average Bonchev–Trinajstić information content (AvgIpc) is 2.89. The minimum atomic E-state index is -1.57. The number of amidine groups is 1. The van der Waals surface area contributed by atoms with Crippen molar-refractivity contribution in [2.45, 2.75) is 51.0 Å². The first-order chi connectivity index (χ1) is 17.7. The van der Waals surface area contributed by atoms with Gasteiger partial charge in [0.25, 0.3) is 0 Å². The number of halogens is 2. The number of rotatable bonds is 3. The van der Waals surface area contributed by atoms with Crippen LogP contribution in [0.5, 0.6) is 0 Å². The van der Waals surface area contributed by atoms with Crippen LogP contribution in [0, 0.1) is 5.82 Å². The number of anilines is 2. The molecule has 2 N–H and O–H groups in total. The molecule has 1 aliphatic heterocycles. The zero-order chi connectivity index (χ0) is 27.8. The Morgan fingerprint density at radius 2 is 1.97 bits per heavy atom. The minimum absolute atomic E-state index is 0.155. The van der Waals surface area contributed by atoms with Crippen LogP contribution in [0.25, 0.3) is 10.9 Å². The van der Waals surface area contributed by atoms with Crippen LogP contribution in [0.1, 0.15) is 46.2 Å². The number of amides is 1. The Morgan fingerprint density at radius 3 is 2.68 bits per heavy atom. The van der Waals surface area contributed by atoms with E-state index in [4.69, 9.17) is 9.73 Å². The normalized spacial score (nSPS) is 19.9. The fraction of sp³-hybridized carbons (Fsp3) is 0.385. The number of alkyl carbamates (subject to hydrolysis) is 1. The standard InChI is InChI=1S/C26H30BrFN6O3S/c1-25(2,3)37-24(35)33-23-26(4,5)38(36)34(6)14-20(32-23)18-12-17(7-8-19(18)28)31-22-21-15(9-10-29-22)11-16(27)13-30-21/h7-13,20H,14H2,1-6H3,(H,29,31)(H,32,33,35). The monoisotopic (exact) mass is 604 g/mol. The van der Waals surface area contributed by atoms with Crippen molar-refractivity contribution in [1.29, 1.82) is 0 Å². The van der Waals surface area contributed by atoms with Gasteiger partial charge in [-0.3, -0.25) is 15.3 Å². The van der Waals surface area contributed by atoms with E-state index in [0.717, 1.165) is 9.86 Å². The van der Waals surface area contributed by atoms with Crippen LogP contribution in [-0.4, -0.2) is 54.4 Å². The molecular weight excluding hydrogens is 575 g/mol. The molecule has 3 aromatic rings. The number of nitrogens with one attached hydrogen (secondary N) is 2. The summed E-state index contributed by atoms with van der Waals surface area (Å²) in [7, 11) is 0.115. The van der Waals surface area contributed by atoms with E-state index >= 15 is 4.39 Å². The fourth-order valence-electron chi connectivity index (χ4n) is 4.02. The van der Waals surface area contributed by atoms with Gasteiger partial charge < -0.3 is 10.1 Å². The second kappa shape index (κ2) is 10.7. The van der Waals surface area contributed by atoms with Crippen molar-refractivity contribution >= 4 is 61.3 Å². The summed E-state index contributed by atoms with van der Waals surface area (Å²) in [5.41, 5.74) is 0.780. The van der Waals surface area contributed by atoms with Crippen molar-refractivity contribution in [2.75, 3.05) is 18.9 Å². The van der Waals surface area contributed by atoms with E-state index in [-0.39, 0.29) is 17.9 Å². The molecule has 1 aromatic carbocycles. The molecule has 9 nitrogen and oxygen atoms in total. The van der Waals surface area contributed by atoms with E-state index < -0.39 is 39.3 Å². The van der Waals surface area contributed by atoms with Crippen LogP contribution >= 0.6 is 15.9 Å². The smallest absolute Gasteiger partial charge is 0.413 e. The quantitative estimate of drug-likeness (QED) is 0.401. The van der Waals surface area contributed by atoms with Gasteiger partial charge in [0.15, 0.2) is 5.82 Å². The molecule has 1 amide bonds. The summed E-state index contributed by atoms with van der Waals surface area (Å²) < 4.78 is 35.3. The summed E-state index contributed by atoms with van der Waals surface area (Å²) >= 11 is 3.43. The number of carbonyl (C=O) groups excluding carboxylic acids is 1. The number of hydrogen-bond donors (Lipinski definition) is 2. The molecule has 12 heteroatoms. The number of ether oxygens (including phenoxy) is 1. The van der Waals surface area contributed by atoms with Crippen molar-refractivity contribution in [3.05, 3.63) is 58.6 Å². The number of carbonyl (C=O) groups is 1. The Labute approximate surface area is 232 Å². The zero-order valence-electron chi connectivity index (χ0n) is 22.0. The van der Waals surface area contributed by atoms with Gasteiger partial charge in [-0.05, 0) is 87.9 Å². The maximum atomic E-state index is 15.2. The number of fused-ring (bicyclic) bond motifs is 1. The van der Waals surface area contributed by atoms with Gasteiger partial charge in [0.2, 0.25) is 0 Å². The van der Waals surface area contributed by atoms with E-state index in [2.05, 4.69) is 36.5 Å². The summed E-state index contributed by atoms with van der Waals surface area (Å²) in [5.74, 6) is 0.194. The van der Waals surface area contributed by atoms with Gasteiger partial charge in [-0.15, -0.1) is 0 Å².